The number of sulfonamides is 1. The fourth-order valence-electron chi connectivity index (χ4n) is 3.06. The lowest BCUT2D eigenvalue weighted by atomic mass is 10.3. The van der Waals surface area contributed by atoms with Crippen LogP contribution in [0.3, 0.4) is 0 Å². The zero-order valence-electron chi connectivity index (χ0n) is 16.7. The number of nitrogens with zero attached hydrogens (tertiary/aromatic N) is 5. The van der Waals surface area contributed by atoms with Crippen LogP contribution in [0.5, 0.6) is 11.5 Å². The third-order valence-electron chi connectivity index (χ3n) is 4.64. The van der Waals surface area contributed by atoms with Gasteiger partial charge in [-0.05, 0) is 59.0 Å². The van der Waals surface area contributed by atoms with Crippen LogP contribution in [0, 0.1) is 0 Å². The molecule has 0 radical (unpaired) electrons. The number of tetrazole rings is 1. The van der Waals surface area contributed by atoms with E-state index in [9.17, 15) is 17.2 Å². The maximum atomic E-state index is 12.7. The summed E-state index contributed by atoms with van der Waals surface area (Å²) in [5.41, 5.74) is 0.530. The minimum absolute atomic E-state index is 0.00214. The van der Waals surface area contributed by atoms with Gasteiger partial charge >= 0.3 is 6.61 Å². The van der Waals surface area contributed by atoms with Crippen LogP contribution in [-0.4, -0.2) is 65.8 Å². The molecule has 3 aromatic rings. The second-order valence-corrected chi connectivity index (χ2v) is 8.59. The summed E-state index contributed by atoms with van der Waals surface area (Å²) < 4.78 is 67.9. The summed E-state index contributed by atoms with van der Waals surface area (Å²) in [6.45, 7) is -1.53. The first-order chi connectivity index (χ1) is 15.4. The van der Waals surface area contributed by atoms with Crippen molar-refractivity contribution in [3.8, 4) is 17.2 Å². The van der Waals surface area contributed by atoms with Crippen LogP contribution < -0.4 is 9.47 Å². The quantitative estimate of drug-likeness (QED) is 0.494. The summed E-state index contributed by atoms with van der Waals surface area (Å²) in [5.74, 6) is 0.806. The van der Waals surface area contributed by atoms with Crippen LogP contribution >= 0.6 is 0 Å². The van der Waals surface area contributed by atoms with Crippen LogP contribution in [0.2, 0.25) is 0 Å². The number of benzene rings is 2. The molecule has 0 aliphatic carbocycles. The third kappa shape index (κ3) is 5.00. The summed E-state index contributed by atoms with van der Waals surface area (Å²) in [6, 6.07) is 11.9. The number of hydrogen-bond acceptors (Lipinski definition) is 8. The Hall–Kier alpha value is -3.16. The van der Waals surface area contributed by atoms with E-state index in [1.54, 1.807) is 12.1 Å². The molecule has 1 aliphatic heterocycles. The molecule has 0 saturated carbocycles. The van der Waals surface area contributed by atoms with E-state index in [1.807, 2.05) is 0 Å². The summed E-state index contributed by atoms with van der Waals surface area (Å²) in [5, 5.41) is 11.4. The van der Waals surface area contributed by atoms with E-state index in [-0.39, 0.29) is 17.3 Å². The van der Waals surface area contributed by atoms with Crippen molar-refractivity contribution in [3.05, 3.63) is 54.4 Å². The highest BCUT2D eigenvalue weighted by atomic mass is 32.2. The van der Waals surface area contributed by atoms with Gasteiger partial charge in [-0.2, -0.15) is 17.8 Å². The van der Waals surface area contributed by atoms with Crippen molar-refractivity contribution in [3.63, 3.8) is 0 Å². The molecule has 2 aromatic carbocycles. The zero-order chi connectivity index (χ0) is 22.6. The van der Waals surface area contributed by atoms with E-state index in [4.69, 9.17) is 9.47 Å². The van der Waals surface area contributed by atoms with Crippen molar-refractivity contribution in [2.75, 3.05) is 26.3 Å². The molecular formula is C19H19F2N5O5S. The molecular weight excluding hydrogens is 448 g/mol. The van der Waals surface area contributed by atoms with Crippen LogP contribution in [0.25, 0.3) is 5.69 Å². The molecule has 2 heterocycles. The Balaban J connectivity index is 1.41. The first-order valence-electron chi connectivity index (χ1n) is 9.57. The maximum absolute atomic E-state index is 12.7. The number of ether oxygens (including phenoxy) is 3. The first-order valence-corrected chi connectivity index (χ1v) is 11.0. The average Bonchev–Trinajstić information content (AvgIpc) is 3.27. The van der Waals surface area contributed by atoms with Crippen LogP contribution in [0.1, 0.15) is 5.82 Å². The van der Waals surface area contributed by atoms with Crippen LogP contribution in [0.15, 0.2) is 53.4 Å². The van der Waals surface area contributed by atoms with Crippen molar-refractivity contribution in [2.24, 2.45) is 0 Å². The van der Waals surface area contributed by atoms with E-state index in [0.29, 0.717) is 43.6 Å². The van der Waals surface area contributed by atoms with Gasteiger partial charge in [-0.1, -0.05) is 0 Å². The van der Waals surface area contributed by atoms with E-state index < -0.39 is 16.6 Å². The molecule has 0 bridgehead atoms. The van der Waals surface area contributed by atoms with Gasteiger partial charge in [-0.15, -0.1) is 5.10 Å². The molecule has 170 valence electrons. The second-order valence-electron chi connectivity index (χ2n) is 6.66. The maximum Gasteiger partial charge on any atom is 0.387 e. The number of alkyl halides is 2. The predicted molar refractivity (Wildman–Crippen MR) is 106 cm³/mol. The molecule has 0 N–H and O–H groups in total. The Kier molecular flexibility index (Phi) is 6.58. The Labute approximate surface area is 182 Å². The van der Waals surface area contributed by atoms with Crippen LogP contribution in [0.4, 0.5) is 8.78 Å². The van der Waals surface area contributed by atoms with Crippen molar-refractivity contribution in [2.45, 2.75) is 18.1 Å². The molecule has 1 fully saturated rings. The summed E-state index contributed by atoms with van der Waals surface area (Å²) in [7, 11) is -3.59. The molecule has 4 rings (SSSR count). The minimum Gasteiger partial charge on any atom is -0.486 e. The lowest BCUT2D eigenvalue weighted by Crippen LogP contribution is -2.40. The molecule has 32 heavy (non-hydrogen) atoms. The average molecular weight is 467 g/mol. The predicted octanol–water partition coefficient (Wildman–Crippen LogP) is 1.86. The molecule has 10 nitrogen and oxygen atoms in total. The largest absolute Gasteiger partial charge is 0.486 e. The van der Waals surface area contributed by atoms with Gasteiger partial charge in [-0.3, -0.25) is 0 Å². The lowest BCUT2D eigenvalue weighted by Gasteiger charge is -2.26. The Morgan fingerprint density at radius 1 is 1.00 bits per heavy atom. The Morgan fingerprint density at radius 2 is 1.66 bits per heavy atom. The van der Waals surface area contributed by atoms with Crippen LogP contribution in [-0.2, 0) is 21.4 Å². The topological polar surface area (TPSA) is 109 Å². The van der Waals surface area contributed by atoms with Gasteiger partial charge in [-0.25, -0.2) is 8.42 Å². The van der Waals surface area contributed by atoms with Gasteiger partial charge in [0.25, 0.3) is 0 Å². The van der Waals surface area contributed by atoms with E-state index in [0.717, 1.165) is 0 Å². The Bertz CT molecular complexity index is 1130. The van der Waals surface area contributed by atoms with Crippen molar-refractivity contribution in [1.29, 1.82) is 0 Å². The number of halogens is 2. The van der Waals surface area contributed by atoms with Gasteiger partial charge in [0.15, 0.2) is 5.82 Å². The number of rotatable bonds is 8. The highest BCUT2D eigenvalue weighted by molar-refractivity contribution is 7.89. The summed E-state index contributed by atoms with van der Waals surface area (Å²) in [6.07, 6.45) is 0. The highest BCUT2D eigenvalue weighted by Gasteiger charge is 2.26. The molecule has 0 spiro atoms. The van der Waals surface area contributed by atoms with Gasteiger partial charge < -0.3 is 14.2 Å². The third-order valence-corrected chi connectivity index (χ3v) is 6.55. The SMILES string of the molecule is O=S(=O)(c1ccc(OCc2nnnn2-c2ccc(OC(F)F)cc2)cc1)N1CCOCC1. The molecule has 0 unspecified atom stereocenters. The fraction of sp³-hybridized carbons (Fsp3) is 0.316. The highest BCUT2D eigenvalue weighted by Crippen LogP contribution is 2.22. The number of morpholine rings is 1. The first kappa shape index (κ1) is 22.0. The number of aromatic nitrogens is 4. The van der Waals surface area contributed by atoms with E-state index in [2.05, 4.69) is 20.3 Å². The molecule has 0 atom stereocenters. The van der Waals surface area contributed by atoms with Gasteiger partial charge in [0.1, 0.15) is 18.1 Å². The summed E-state index contributed by atoms with van der Waals surface area (Å²) in [4.78, 5) is 0.169. The standard InChI is InChI=1S/C19H19F2N5O5S/c20-19(21)31-16-3-1-14(2-4-16)26-18(22-23-24-26)13-30-15-5-7-17(8-6-15)32(27,28)25-9-11-29-12-10-25/h1-8,19H,9-13H2. The van der Waals surface area contributed by atoms with Gasteiger partial charge in [0.2, 0.25) is 10.0 Å². The fourth-order valence-corrected chi connectivity index (χ4v) is 4.46. The van der Waals surface area contributed by atoms with E-state index >= 15 is 0 Å². The van der Waals surface area contributed by atoms with Gasteiger partial charge in [0, 0.05) is 13.1 Å². The number of hydrogen-bond donors (Lipinski definition) is 0. The van der Waals surface area contributed by atoms with Gasteiger partial charge in [0.05, 0.1) is 23.8 Å². The molecule has 1 aromatic heterocycles. The zero-order valence-corrected chi connectivity index (χ0v) is 17.5. The molecule has 1 aliphatic rings. The molecule has 13 heteroatoms. The normalized spacial score (nSPS) is 15.1. The summed E-state index contributed by atoms with van der Waals surface area (Å²) >= 11 is 0. The van der Waals surface area contributed by atoms with E-state index in [1.165, 1.54) is 45.4 Å². The lowest BCUT2D eigenvalue weighted by molar-refractivity contribution is -0.0498. The smallest absolute Gasteiger partial charge is 0.387 e. The van der Waals surface area contributed by atoms with Crippen molar-refractivity contribution in [1.82, 2.24) is 24.5 Å². The minimum atomic E-state index is -3.59. The van der Waals surface area contributed by atoms with Crippen molar-refractivity contribution < 1.29 is 31.4 Å². The molecule has 1 saturated heterocycles. The molecule has 0 amide bonds. The second kappa shape index (κ2) is 9.54. The van der Waals surface area contributed by atoms with Crippen molar-refractivity contribution >= 4 is 10.0 Å². The Morgan fingerprint density at radius 3 is 2.31 bits per heavy atom. The monoisotopic (exact) mass is 467 g/mol.